The molecule has 0 aliphatic carbocycles. The third kappa shape index (κ3) is 1.45. The number of carboxylic acid groups (broad SMARTS) is 1. The van der Waals surface area contributed by atoms with E-state index in [1.54, 1.807) is 18.3 Å². The van der Waals surface area contributed by atoms with E-state index in [2.05, 4.69) is 9.97 Å². The van der Waals surface area contributed by atoms with Gasteiger partial charge in [-0.15, -0.1) is 0 Å². The highest BCUT2D eigenvalue weighted by molar-refractivity contribution is 6.09. The molecule has 18 heavy (non-hydrogen) atoms. The number of nitrogens with two attached hydrogens (primary N) is 1. The van der Waals surface area contributed by atoms with Crippen LogP contribution < -0.4 is 5.73 Å². The number of aromatic carboxylic acids is 1. The van der Waals surface area contributed by atoms with Gasteiger partial charge in [0.2, 0.25) is 0 Å². The monoisotopic (exact) mass is 239 g/mol. The molecule has 2 aromatic heterocycles. The third-order valence-electron chi connectivity index (χ3n) is 2.83. The summed E-state index contributed by atoms with van der Waals surface area (Å²) >= 11 is 0. The van der Waals surface area contributed by atoms with Gasteiger partial charge in [0.1, 0.15) is 5.52 Å². The summed E-state index contributed by atoms with van der Waals surface area (Å²) in [6.07, 6.45) is 1.65. The molecule has 0 aliphatic heterocycles. The van der Waals surface area contributed by atoms with E-state index >= 15 is 0 Å². The van der Waals surface area contributed by atoms with Crippen LogP contribution in [0.25, 0.3) is 21.8 Å². The van der Waals surface area contributed by atoms with Crippen molar-refractivity contribution in [2.24, 2.45) is 0 Å². The number of aromatic nitrogens is 2. The summed E-state index contributed by atoms with van der Waals surface area (Å²) < 4.78 is 0. The summed E-state index contributed by atoms with van der Waals surface area (Å²) in [6, 6.07) is 8.50. The van der Waals surface area contributed by atoms with Crippen LogP contribution in [0.15, 0.2) is 36.5 Å². The van der Waals surface area contributed by atoms with Crippen LogP contribution in [0.3, 0.4) is 0 Å². The minimum atomic E-state index is -0.983. The Morgan fingerprint density at radius 3 is 2.83 bits per heavy atom. The molecule has 5 heteroatoms. The van der Waals surface area contributed by atoms with Crippen molar-refractivity contribution < 1.29 is 9.90 Å². The molecule has 1 aromatic carbocycles. The third-order valence-corrected chi connectivity index (χ3v) is 2.83. The minimum Gasteiger partial charge on any atom is -0.478 e. The number of rotatable bonds is 1. The maximum atomic E-state index is 10.9. The first-order valence-electron chi connectivity index (χ1n) is 5.34. The molecular weight excluding hydrogens is 230 g/mol. The predicted octanol–water partition coefficient (Wildman–Crippen LogP) is 2.06. The second-order valence-electron chi connectivity index (χ2n) is 3.93. The summed E-state index contributed by atoms with van der Waals surface area (Å²) in [5, 5.41) is 10.7. The number of pyridine rings is 2. The fourth-order valence-corrected chi connectivity index (χ4v) is 1.99. The molecule has 0 unspecified atom stereocenters. The topological polar surface area (TPSA) is 89.1 Å². The Morgan fingerprint density at radius 1 is 1.22 bits per heavy atom. The van der Waals surface area contributed by atoms with Crippen molar-refractivity contribution in [2.45, 2.75) is 0 Å². The summed E-state index contributed by atoms with van der Waals surface area (Å²) in [4.78, 5) is 19.3. The SMILES string of the molecule is Nc1nc2cc(C(=O)O)ccc2c2cccnc12. The first kappa shape index (κ1) is 10.5. The van der Waals surface area contributed by atoms with Crippen LogP contribution in [0, 0.1) is 0 Å². The fraction of sp³-hybridized carbons (Fsp3) is 0. The Kier molecular flexibility index (Phi) is 2.13. The van der Waals surface area contributed by atoms with Crippen molar-refractivity contribution in [1.29, 1.82) is 0 Å². The average molecular weight is 239 g/mol. The maximum absolute atomic E-state index is 10.9. The summed E-state index contributed by atoms with van der Waals surface area (Å²) in [5.41, 5.74) is 7.22. The molecule has 0 radical (unpaired) electrons. The number of carboxylic acids is 1. The average Bonchev–Trinajstić information content (AvgIpc) is 2.38. The van der Waals surface area contributed by atoms with Crippen LogP contribution in [0.1, 0.15) is 10.4 Å². The molecule has 0 fully saturated rings. The zero-order valence-electron chi connectivity index (χ0n) is 9.29. The van der Waals surface area contributed by atoms with Crippen LogP contribution in [-0.4, -0.2) is 21.0 Å². The molecular formula is C13H9N3O2. The number of nitrogens with zero attached hydrogens (tertiary/aromatic N) is 2. The molecule has 0 spiro atoms. The largest absolute Gasteiger partial charge is 0.478 e. The molecule has 0 amide bonds. The highest BCUT2D eigenvalue weighted by atomic mass is 16.4. The summed E-state index contributed by atoms with van der Waals surface area (Å²) in [5.74, 6) is -0.677. The van der Waals surface area contributed by atoms with Gasteiger partial charge in [0.15, 0.2) is 5.82 Å². The number of anilines is 1. The maximum Gasteiger partial charge on any atom is 0.335 e. The van der Waals surface area contributed by atoms with Crippen LogP contribution >= 0.6 is 0 Å². The molecule has 5 nitrogen and oxygen atoms in total. The molecule has 0 atom stereocenters. The molecule has 2 heterocycles. The molecule has 0 bridgehead atoms. The fourth-order valence-electron chi connectivity index (χ4n) is 1.99. The molecule has 3 N–H and O–H groups in total. The zero-order valence-corrected chi connectivity index (χ0v) is 9.29. The van der Waals surface area contributed by atoms with Gasteiger partial charge in [-0.2, -0.15) is 0 Å². The van der Waals surface area contributed by atoms with E-state index < -0.39 is 5.97 Å². The molecule has 0 saturated heterocycles. The van der Waals surface area contributed by atoms with E-state index in [1.807, 2.05) is 12.1 Å². The highest BCUT2D eigenvalue weighted by Gasteiger charge is 2.09. The van der Waals surface area contributed by atoms with Crippen LogP contribution in [0.4, 0.5) is 5.82 Å². The number of benzene rings is 1. The summed E-state index contributed by atoms with van der Waals surface area (Å²) in [6.45, 7) is 0. The zero-order chi connectivity index (χ0) is 12.7. The number of carbonyl (C=O) groups is 1. The van der Waals surface area contributed by atoms with Crippen molar-refractivity contribution in [1.82, 2.24) is 9.97 Å². The lowest BCUT2D eigenvalue weighted by Gasteiger charge is -2.05. The first-order valence-corrected chi connectivity index (χ1v) is 5.34. The van der Waals surface area contributed by atoms with Crippen molar-refractivity contribution in [3.05, 3.63) is 42.1 Å². The number of hydrogen-bond acceptors (Lipinski definition) is 4. The molecule has 0 saturated carbocycles. The molecule has 3 aromatic rings. The summed E-state index contributed by atoms with van der Waals surface area (Å²) in [7, 11) is 0. The second kappa shape index (κ2) is 3.66. The van der Waals surface area contributed by atoms with Gasteiger partial charge in [-0.3, -0.25) is 4.98 Å². The van der Waals surface area contributed by atoms with Crippen LogP contribution in [0.5, 0.6) is 0 Å². The van der Waals surface area contributed by atoms with Gasteiger partial charge in [0.25, 0.3) is 0 Å². The lowest BCUT2D eigenvalue weighted by atomic mass is 10.1. The van der Waals surface area contributed by atoms with E-state index in [1.165, 1.54) is 6.07 Å². The second-order valence-corrected chi connectivity index (χ2v) is 3.93. The van der Waals surface area contributed by atoms with Gasteiger partial charge in [-0.1, -0.05) is 12.1 Å². The van der Waals surface area contributed by atoms with Crippen molar-refractivity contribution in [3.63, 3.8) is 0 Å². The van der Waals surface area contributed by atoms with Crippen molar-refractivity contribution in [3.8, 4) is 0 Å². The highest BCUT2D eigenvalue weighted by Crippen LogP contribution is 2.26. The van der Waals surface area contributed by atoms with Gasteiger partial charge in [-0.05, 0) is 18.2 Å². The van der Waals surface area contributed by atoms with E-state index in [-0.39, 0.29) is 5.56 Å². The smallest absolute Gasteiger partial charge is 0.335 e. The molecule has 3 rings (SSSR count). The number of hydrogen-bond donors (Lipinski definition) is 2. The number of nitrogen functional groups attached to an aromatic ring is 1. The predicted molar refractivity (Wildman–Crippen MR) is 68.4 cm³/mol. The van der Waals surface area contributed by atoms with E-state index in [0.717, 1.165) is 10.8 Å². The molecule has 0 aliphatic rings. The van der Waals surface area contributed by atoms with Gasteiger partial charge >= 0.3 is 5.97 Å². The Hall–Kier alpha value is -2.69. The van der Waals surface area contributed by atoms with Crippen LogP contribution in [-0.2, 0) is 0 Å². The Labute approximate surface area is 102 Å². The number of fused-ring (bicyclic) bond motifs is 3. The van der Waals surface area contributed by atoms with E-state index in [4.69, 9.17) is 10.8 Å². The minimum absolute atomic E-state index is 0.192. The van der Waals surface area contributed by atoms with Crippen molar-refractivity contribution in [2.75, 3.05) is 5.73 Å². The van der Waals surface area contributed by atoms with Gasteiger partial charge in [0.05, 0.1) is 11.1 Å². The van der Waals surface area contributed by atoms with E-state index in [0.29, 0.717) is 16.9 Å². The molecule has 88 valence electrons. The van der Waals surface area contributed by atoms with Gasteiger partial charge in [-0.25, -0.2) is 9.78 Å². The van der Waals surface area contributed by atoms with Crippen molar-refractivity contribution >= 4 is 33.6 Å². The van der Waals surface area contributed by atoms with Crippen LogP contribution in [0.2, 0.25) is 0 Å². The van der Waals surface area contributed by atoms with Gasteiger partial charge in [0, 0.05) is 17.0 Å². The van der Waals surface area contributed by atoms with E-state index in [9.17, 15) is 4.79 Å². The Balaban J connectivity index is 2.46. The normalized spacial score (nSPS) is 10.9. The van der Waals surface area contributed by atoms with Gasteiger partial charge < -0.3 is 10.8 Å². The lowest BCUT2D eigenvalue weighted by molar-refractivity contribution is 0.0697. The Morgan fingerprint density at radius 2 is 2.06 bits per heavy atom. The Bertz CT molecular complexity index is 784. The standard InChI is InChI=1S/C13H9N3O2/c14-12-11-9(2-1-5-15-11)8-4-3-7(13(17)18)6-10(8)16-12/h1-6H,(H2,14,16)(H,17,18). The lowest BCUT2D eigenvalue weighted by Crippen LogP contribution is -1.99. The first-order chi connectivity index (χ1) is 8.66. The quantitative estimate of drug-likeness (QED) is 0.634.